The summed E-state index contributed by atoms with van der Waals surface area (Å²) in [6.07, 6.45) is -2.44. The molecule has 8 heteroatoms. The summed E-state index contributed by atoms with van der Waals surface area (Å²) in [6.45, 7) is 3.46. The zero-order valence-electron chi connectivity index (χ0n) is 14.3. The van der Waals surface area contributed by atoms with Crippen LogP contribution >= 0.6 is 11.3 Å². The summed E-state index contributed by atoms with van der Waals surface area (Å²) >= 11 is 1.32. The maximum absolute atomic E-state index is 12.8. The minimum atomic E-state index is -4.36. The van der Waals surface area contributed by atoms with Crippen molar-refractivity contribution in [3.05, 3.63) is 46.1 Å². The molecule has 1 amide bonds. The largest absolute Gasteiger partial charge is 0.416 e. The van der Waals surface area contributed by atoms with Gasteiger partial charge in [0, 0.05) is 12.3 Å². The van der Waals surface area contributed by atoms with Crippen LogP contribution in [0.15, 0.2) is 24.3 Å². The maximum atomic E-state index is 12.8. The number of piperidine rings is 1. The van der Waals surface area contributed by atoms with Crippen molar-refractivity contribution in [2.75, 3.05) is 18.4 Å². The van der Waals surface area contributed by atoms with Crippen LogP contribution in [0.3, 0.4) is 0 Å². The highest BCUT2D eigenvalue weighted by Gasteiger charge is 2.30. The third-order valence-electron chi connectivity index (χ3n) is 4.40. The van der Waals surface area contributed by atoms with Gasteiger partial charge in [-0.15, -0.1) is 11.3 Å². The van der Waals surface area contributed by atoms with Crippen molar-refractivity contribution >= 4 is 22.2 Å². The normalized spacial score (nSPS) is 15.8. The predicted octanol–water partition coefficient (Wildman–Crippen LogP) is 4.00. The Bertz CT molecular complexity index is 782. The molecule has 0 aliphatic carbocycles. The van der Waals surface area contributed by atoms with Gasteiger partial charge in [0.15, 0.2) is 0 Å². The first-order valence-corrected chi connectivity index (χ1v) is 9.28. The predicted molar refractivity (Wildman–Crippen MR) is 95.3 cm³/mol. The number of hydrogen-bond acceptors (Lipinski definition) is 4. The average Bonchev–Trinajstić information content (AvgIpc) is 2.94. The molecule has 0 unspecified atom stereocenters. The number of rotatable bonds is 4. The molecule has 1 saturated heterocycles. The molecule has 1 fully saturated rings. The van der Waals surface area contributed by atoms with Crippen LogP contribution in [0.25, 0.3) is 0 Å². The van der Waals surface area contributed by atoms with Crippen LogP contribution in [0.1, 0.15) is 34.7 Å². The van der Waals surface area contributed by atoms with Crippen LogP contribution in [0.4, 0.5) is 18.2 Å². The zero-order chi connectivity index (χ0) is 18.7. The van der Waals surface area contributed by atoms with E-state index in [0.717, 1.165) is 38.1 Å². The number of aromatic nitrogens is 1. The van der Waals surface area contributed by atoms with Gasteiger partial charge in [0.25, 0.3) is 0 Å². The average molecular weight is 383 g/mol. The fourth-order valence-corrected chi connectivity index (χ4v) is 3.98. The Labute approximate surface area is 153 Å². The number of amides is 1. The summed E-state index contributed by atoms with van der Waals surface area (Å²) in [5.41, 5.74) is 0.576. The second kappa shape index (κ2) is 7.75. The molecular formula is C18H20F3N3OS. The summed E-state index contributed by atoms with van der Waals surface area (Å²) in [6, 6.07) is 5.25. The van der Waals surface area contributed by atoms with Gasteiger partial charge in [0.1, 0.15) is 5.00 Å². The van der Waals surface area contributed by atoms with Gasteiger partial charge in [0.05, 0.1) is 16.3 Å². The Hall–Kier alpha value is -1.93. The number of benzene rings is 1. The summed E-state index contributed by atoms with van der Waals surface area (Å²) in [4.78, 5) is 16.8. The van der Waals surface area contributed by atoms with Crippen molar-refractivity contribution in [3.8, 4) is 0 Å². The highest BCUT2D eigenvalue weighted by atomic mass is 32.1. The van der Waals surface area contributed by atoms with Gasteiger partial charge >= 0.3 is 6.18 Å². The number of halogens is 3. The van der Waals surface area contributed by atoms with E-state index in [-0.39, 0.29) is 11.8 Å². The van der Waals surface area contributed by atoms with Gasteiger partial charge in [-0.25, -0.2) is 4.98 Å². The highest BCUT2D eigenvalue weighted by Crippen LogP contribution is 2.31. The van der Waals surface area contributed by atoms with E-state index < -0.39 is 11.7 Å². The molecule has 0 atom stereocenters. The van der Waals surface area contributed by atoms with E-state index in [9.17, 15) is 18.0 Å². The quantitative estimate of drug-likeness (QED) is 0.839. The zero-order valence-corrected chi connectivity index (χ0v) is 15.1. The fourth-order valence-electron chi connectivity index (χ4n) is 2.97. The number of alkyl halides is 3. The third-order valence-corrected chi connectivity index (χ3v) is 5.47. The Morgan fingerprint density at radius 3 is 2.77 bits per heavy atom. The number of carbonyl (C=O) groups is 1. The molecule has 0 saturated carbocycles. The lowest BCUT2D eigenvalue weighted by Gasteiger charge is -2.21. The van der Waals surface area contributed by atoms with Gasteiger partial charge in [0.2, 0.25) is 5.91 Å². The number of aryl methyl sites for hydroxylation is 1. The van der Waals surface area contributed by atoms with Crippen LogP contribution in [-0.2, 0) is 17.4 Å². The minimum absolute atomic E-state index is 0.00957. The molecule has 1 aliphatic heterocycles. The summed E-state index contributed by atoms with van der Waals surface area (Å²) in [7, 11) is 0. The molecule has 0 spiro atoms. The Morgan fingerprint density at radius 1 is 1.35 bits per heavy atom. The maximum Gasteiger partial charge on any atom is 0.416 e. The molecule has 1 aromatic heterocycles. The molecule has 0 bridgehead atoms. The molecular weight excluding hydrogens is 363 g/mol. The summed E-state index contributed by atoms with van der Waals surface area (Å²) in [5, 5.41) is 7.51. The van der Waals surface area contributed by atoms with Crippen molar-refractivity contribution in [1.82, 2.24) is 10.3 Å². The van der Waals surface area contributed by atoms with Crippen molar-refractivity contribution in [1.29, 1.82) is 0 Å². The topological polar surface area (TPSA) is 54.0 Å². The lowest BCUT2D eigenvalue weighted by atomic mass is 9.97. The van der Waals surface area contributed by atoms with E-state index in [2.05, 4.69) is 15.6 Å². The number of anilines is 1. The number of nitrogens with zero attached hydrogens (tertiary/aromatic N) is 1. The van der Waals surface area contributed by atoms with Crippen LogP contribution < -0.4 is 10.6 Å². The highest BCUT2D eigenvalue weighted by molar-refractivity contribution is 7.16. The van der Waals surface area contributed by atoms with Crippen molar-refractivity contribution in [2.45, 2.75) is 32.4 Å². The van der Waals surface area contributed by atoms with Gasteiger partial charge in [-0.3, -0.25) is 4.79 Å². The van der Waals surface area contributed by atoms with Crippen LogP contribution in [0.2, 0.25) is 0 Å². The molecule has 1 aromatic carbocycles. The fraction of sp³-hybridized carbons (Fsp3) is 0.444. The minimum Gasteiger partial charge on any atom is -0.317 e. The summed E-state index contributed by atoms with van der Waals surface area (Å²) in [5.74, 6) is -0.0199. The Morgan fingerprint density at radius 2 is 2.08 bits per heavy atom. The van der Waals surface area contributed by atoms with Crippen molar-refractivity contribution in [2.24, 2.45) is 5.92 Å². The number of thiazole rings is 1. The third kappa shape index (κ3) is 4.62. The number of carbonyl (C=O) groups excluding carboxylic acids is 1. The van der Waals surface area contributed by atoms with Crippen LogP contribution in [-0.4, -0.2) is 24.0 Å². The molecule has 2 aromatic rings. The number of nitrogens with one attached hydrogen (secondary N) is 2. The van der Waals surface area contributed by atoms with E-state index in [1.54, 1.807) is 13.0 Å². The molecule has 2 N–H and O–H groups in total. The van der Waals surface area contributed by atoms with E-state index in [0.29, 0.717) is 27.7 Å². The Kier molecular flexibility index (Phi) is 5.62. The molecule has 1 aliphatic rings. The molecule has 3 rings (SSSR count). The van der Waals surface area contributed by atoms with E-state index in [4.69, 9.17) is 0 Å². The smallest absolute Gasteiger partial charge is 0.317 e. The molecule has 140 valence electrons. The second-order valence-corrected chi connectivity index (χ2v) is 7.49. The first kappa shape index (κ1) is 18.8. The van der Waals surface area contributed by atoms with Crippen LogP contribution in [0.5, 0.6) is 0 Å². The van der Waals surface area contributed by atoms with E-state index in [1.807, 2.05) is 0 Å². The number of hydrogen-bond donors (Lipinski definition) is 2. The van der Waals surface area contributed by atoms with E-state index >= 15 is 0 Å². The SMILES string of the molecule is Cc1nc(Cc2cccc(C(F)(F)F)c2)sc1NC(=O)C1CCNCC1. The second-order valence-electron chi connectivity index (χ2n) is 6.41. The van der Waals surface area contributed by atoms with Crippen LogP contribution in [0, 0.1) is 12.8 Å². The standard InChI is InChI=1S/C18H20F3N3OS/c1-11-17(24-16(25)13-5-7-22-8-6-13)26-15(23-11)10-12-3-2-4-14(9-12)18(19,20)21/h2-4,9,13,22H,5-8,10H2,1H3,(H,24,25). The van der Waals surface area contributed by atoms with Gasteiger partial charge < -0.3 is 10.6 Å². The molecule has 2 heterocycles. The van der Waals surface area contributed by atoms with Crippen molar-refractivity contribution < 1.29 is 18.0 Å². The molecule has 26 heavy (non-hydrogen) atoms. The lowest BCUT2D eigenvalue weighted by molar-refractivity contribution is -0.137. The van der Waals surface area contributed by atoms with Gasteiger partial charge in [-0.2, -0.15) is 13.2 Å². The van der Waals surface area contributed by atoms with Gasteiger partial charge in [-0.05, 0) is 44.5 Å². The molecule has 0 radical (unpaired) electrons. The Balaban J connectivity index is 1.69. The first-order valence-electron chi connectivity index (χ1n) is 8.47. The van der Waals surface area contributed by atoms with Gasteiger partial charge in [-0.1, -0.05) is 18.2 Å². The van der Waals surface area contributed by atoms with E-state index in [1.165, 1.54) is 17.4 Å². The lowest BCUT2D eigenvalue weighted by Crippen LogP contribution is -2.34. The monoisotopic (exact) mass is 383 g/mol. The summed E-state index contributed by atoms with van der Waals surface area (Å²) < 4.78 is 38.5. The first-order chi connectivity index (χ1) is 12.3. The molecule has 4 nitrogen and oxygen atoms in total. The van der Waals surface area contributed by atoms with Crippen molar-refractivity contribution in [3.63, 3.8) is 0 Å².